The summed E-state index contributed by atoms with van der Waals surface area (Å²) in [7, 11) is 1.64. The fourth-order valence-corrected chi connectivity index (χ4v) is 5.14. The van der Waals surface area contributed by atoms with Gasteiger partial charge in [-0.2, -0.15) is 0 Å². The monoisotopic (exact) mass is 792 g/mol. The highest BCUT2D eigenvalue weighted by molar-refractivity contribution is 5.87. The summed E-state index contributed by atoms with van der Waals surface area (Å²) >= 11 is 0. The van der Waals surface area contributed by atoms with Crippen LogP contribution >= 0.6 is 0 Å². The Morgan fingerprint density at radius 2 is 1.12 bits per heavy atom. The molecule has 17 heteroatoms. The number of nitrogens with one attached hydrogen (secondary N) is 1. The molecule has 1 N–H and O–H groups in total. The molecule has 17 nitrogen and oxygen atoms in total. The number of benzene rings is 1. The first kappa shape index (κ1) is 46.6. The molecular weight excluding hydrogens is 732 g/mol. The average molecular weight is 793 g/mol. The number of fused-ring (bicyclic) bond motifs is 1. The minimum absolute atomic E-state index is 0.0989. The van der Waals surface area contributed by atoms with Gasteiger partial charge in [0.05, 0.1) is 112 Å². The topological polar surface area (TPSA) is 182 Å². The number of hydrogen-bond donors (Lipinski definition) is 1. The minimum Gasteiger partial charge on any atom is -0.460 e. The highest BCUT2D eigenvalue weighted by Crippen LogP contribution is 2.20. The fourth-order valence-electron chi connectivity index (χ4n) is 5.14. The van der Waals surface area contributed by atoms with E-state index in [1.165, 1.54) is 10.6 Å². The van der Waals surface area contributed by atoms with Crippen LogP contribution in [0.3, 0.4) is 0 Å². The SMILES string of the molecule is CCCn1c(=O)c2nc(-c3cccc(/C=C/C(=O)OCCOCCOCCOCCOCCOCCOCCOCCOCCOC)c3)[nH]c2n(CCC)c1=O. The first-order valence-corrected chi connectivity index (χ1v) is 19.3. The Labute approximate surface area is 328 Å². The van der Waals surface area contributed by atoms with Crippen molar-refractivity contribution in [2.75, 3.05) is 126 Å². The van der Waals surface area contributed by atoms with E-state index in [0.29, 0.717) is 142 Å². The van der Waals surface area contributed by atoms with Gasteiger partial charge in [0, 0.05) is 31.8 Å². The number of aryl methyl sites for hydroxylation is 1. The Morgan fingerprint density at radius 1 is 0.661 bits per heavy atom. The number of ether oxygens (including phenoxy) is 10. The van der Waals surface area contributed by atoms with Crippen molar-refractivity contribution >= 4 is 23.2 Å². The molecule has 0 aliphatic carbocycles. The Hall–Kier alpha value is -3.78. The summed E-state index contributed by atoms with van der Waals surface area (Å²) in [5.41, 5.74) is 1.31. The van der Waals surface area contributed by atoms with Crippen LogP contribution in [0.25, 0.3) is 28.6 Å². The number of nitrogens with zero attached hydrogens (tertiary/aromatic N) is 3. The summed E-state index contributed by atoms with van der Waals surface area (Å²) in [6.07, 6.45) is 4.35. The normalized spacial score (nSPS) is 11.7. The lowest BCUT2D eigenvalue weighted by Crippen LogP contribution is -2.40. The number of carbonyl (C=O) groups is 1. The van der Waals surface area contributed by atoms with Crippen LogP contribution in [0.15, 0.2) is 39.9 Å². The van der Waals surface area contributed by atoms with Crippen molar-refractivity contribution in [1.29, 1.82) is 0 Å². The van der Waals surface area contributed by atoms with Crippen molar-refractivity contribution in [3.05, 3.63) is 56.7 Å². The maximum Gasteiger partial charge on any atom is 0.332 e. The molecule has 0 saturated carbocycles. The zero-order valence-electron chi connectivity index (χ0n) is 33.2. The van der Waals surface area contributed by atoms with Gasteiger partial charge in [0.25, 0.3) is 5.56 Å². The lowest BCUT2D eigenvalue weighted by molar-refractivity contribution is -0.139. The molecule has 0 aliphatic rings. The summed E-state index contributed by atoms with van der Waals surface area (Å²) in [6.45, 7) is 12.7. The molecule has 314 valence electrons. The van der Waals surface area contributed by atoms with Crippen LogP contribution in [0.2, 0.25) is 0 Å². The van der Waals surface area contributed by atoms with Gasteiger partial charge in [-0.15, -0.1) is 0 Å². The second-order valence-corrected chi connectivity index (χ2v) is 12.2. The lowest BCUT2D eigenvalue weighted by Gasteiger charge is -2.09. The van der Waals surface area contributed by atoms with E-state index in [1.54, 1.807) is 17.8 Å². The number of aromatic amines is 1. The smallest absolute Gasteiger partial charge is 0.332 e. The highest BCUT2D eigenvalue weighted by Gasteiger charge is 2.17. The van der Waals surface area contributed by atoms with E-state index < -0.39 is 11.5 Å². The van der Waals surface area contributed by atoms with Crippen LogP contribution in [-0.2, 0) is 65.3 Å². The summed E-state index contributed by atoms with van der Waals surface area (Å²) < 4.78 is 56.5. The van der Waals surface area contributed by atoms with Crippen LogP contribution in [0.1, 0.15) is 32.3 Å². The molecule has 0 unspecified atom stereocenters. The van der Waals surface area contributed by atoms with E-state index in [2.05, 4.69) is 9.97 Å². The van der Waals surface area contributed by atoms with Crippen LogP contribution in [0, 0.1) is 0 Å². The molecule has 0 atom stereocenters. The Balaban J connectivity index is 1.16. The van der Waals surface area contributed by atoms with Crippen LogP contribution < -0.4 is 11.2 Å². The first-order chi connectivity index (χ1) is 27.5. The third kappa shape index (κ3) is 18.0. The Bertz CT molecular complexity index is 1660. The molecule has 3 rings (SSSR count). The van der Waals surface area contributed by atoms with Crippen molar-refractivity contribution < 1.29 is 52.2 Å². The molecule has 56 heavy (non-hydrogen) atoms. The van der Waals surface area contributed by atoms with Crippen LogP contribution in [0.5, 0.6) is 0 Å². The molecule has 0 aliphatic heterocycles. The van der Waals surface area contributed by atoms with Gasteiger partial charge in [-0.1, -0.05) is 32.0 Å². The van der Waals surface area contributed by atoms with Gasteiger partial charge in [-0.05, 0) is 30.5 Å². The molecule has 2 heterocycles. The molecule has 0 radical (unpaired) electrons. The summed E-state index contributed by atoms with van der Waals surface area (Å²) in [5, 5.41) is 0. The van der Waals surface area contributed by atoms with Gasteiger partial charge in [0.1, 0.15) is 18.1 Å². The molecule has 0 spiro atoms. The standard InChI is InChI=1S/C39H60N4O13/c1-4-11-42-37-35(38(45)43(12-5-2)39(42)46)40-36(41-37)33-8-6-7-32(31-33)9-10-34(44)56-30-29-55-28-27-54-26-25-53-24-23-52-22-21-51-20-19-50-18-17-49-16-15-48-14-13-47-3/h6-10,31H,4-5,11-30H2,1-3H3,(H,40,41)/b10-9+. The Morgan fingerprint density at radius 3 is 1.61 bits per heavy atom. The third-order valence-electron chi connectivity index (χ3n) is 7.84. The van der Waals surface area contributed by atoms with Gasteiger partial charge in [0.15, 0.2) is 5.52 Å². The largest absolute Gasteiger partial charge is 0.460 e. The predicted molar refractivity (Wildman–Crippen MR) is 209 cm³/mol. The number of methoxy groups -OCH3 is 1. The highest BCUT2D eigenvalue weighted by atomic mass is 16.6. The van der Waals surface area contributed by atoms with E-state index in [0.717, 1.165) is 12.0 Å². The molecule has 0 saturated heterocycles. The number of aromatic nitrogens is 4. The summed E-state index contributed by atoms with van der Waals surface area (Å²) in [6, 6.07) is 7.33. The van der Waals surface area contributed by atoms with Gasteiger partial charge < -0.3 is 52.4 Å². The number of H-pyrrole nitrogens is 1. The van der Waals surface area contributed by atoms with E-state index in [9.17, 15) is 14.4 Å². The number of esters is 1. The second kappa shape index (κ2) is 29.5. The van der Waals surface area contributed by atoms with Crippen molar-refractivity contribution in [3.63, 3.8) is 0 Å². The minimum atomic E-state index is -0.507. The van der Waals surface area contributed by atoms with E-state index >= 15 is 0 Å². The summed E-state index contributed by atoms with van der Waals surface area (Å²) in [5.74, 6) is -0.0502. The lowest BCUT2D eigenvalue weighted by atomic mass is 10.1. The van der Waals surface area contributed by atoms with Gasteiger partial charge >= 0.3 is 11.7 Å². The predicted octanol–water partition coefficient (Wildman–Crippen LogP) is 2.71. The third-order valence-corrected chi connectivity index (χ3v) is 7.84. The number of imidazole rings is 1. The Kier molecular flexibility index (Phi) is 24.5. The van der Waals surface area contributed by atoms with Gasteiger partial charge in [-0.25, -0.2) is 14.6 Å². The maximum absolute atomic E-state index is 13.1. The second-order valence-electron chi connectivity index (χ2n) is 12.2. The summed E-state index contributed by atoms with van der Waals surface area (Å²) in [4.78, 5) is 46.1. The van der Waals surface area contributed by atoms with Crippen LogP contribution in [0.4, 0.5) is 0 Å². The molecule has 0 amide bonds. The molecule has 1 aromatic carbocycles. The average Bonchev–Trinajstić information content (AvgIpc) is 3.66. The molecule has 2 aromatic heterocycles. The molecular formula is C39H60N4O13. The molecule has 3 aromatic rings. The van der Waals surface area contributed by atoms with Crippen molar-refractivity contribution in [1.82, 2.24) is 19.1 Å². The van der Waals surface area contributed by atoms with Crippen molar-refractivity contribution in [2.45, 2.75) is 39.8 Å². The van der Waals surface area contributed by atoms with Gasteiger partial charge in [0.2, 0.25) is 0 Å². The quantitative estimate of drug-likeness (QED) is 0.0530. The van der Waals surface area contributed by atoms with E-state index in [1.807, 2.05) is 38.1 Å². The zero-order valence-corrected chi connectivity index (χ0v) is 33.2. The van der Waals surface area contributed by atoms with Gasteiger partial charge in [-0.3, -0.25) is 13.9 Å². The fraction of sp³-hybridized carbons (Fsp3) is 0.641. The maximum atomic E-state index is 13.1. The van der Waals surface area contributed by atoms with Crippen LogP contribution in [-0.4, -0.2) is 151 Å². The van der Waals surface area contributed by atoms with E-state index in [-0.39, 0.29) is 24.4 Å². The first-order valence-electron chi connectivity index (χ1n) is 19.3. The van der Waals surface area contributed by atoms with Crippen molar-refractivity contribution in [2.24, 2.45) is 0 Å². The molecule has 0 bridgehead atoms. The zero-order chi connectivity index (χ0) is 40.1. The number of hydrogen-bond acceptors (Lipinski definition) is 14. The number of rotatable bonds is 34. The molecule has 0 fully saturated rings. The van der Waals surface area contributed by atoms with Crippen molar-refractivity contribution in [3.8, 4) is 11.4 Å². The van der Waals surface area contributed by atoms with E-state index in [4.69, 9.17) is 47.4 Å². The number of carbonyl (C=O) groups excluding carboxylic acids is 1.